The Morgan fingerprint density at radius 3 is 2.10 bits per heavy atom. The molecule has 5 aliphatic rings. The van der Waals surface area contributed by atoms with E-state index in [4.69, 9.17) is 4.74 Å². The molecule has 1 fully saturated rings. The Morgan fingerprint density at radius 2 is 1.50 bits per heavy atom. The zero-order valence-electron chi connectivity index (χ0n) is 33.1. The van der Waals surface area contributed by atoms with Gasteiger partial charge in [0.05, 0.1) is 0 Å². The summed E-state index contributed by atoms with van der Waals surface area (Å²) in [5.74, 6) is 2.77. The van der Waals surface area contributed by atoms with Crippen LogP contribution in [0.2, 0.25) is 17.6 Å². The molecule has 1 saturated carbocycles. The molecular formula is C46H68OSi. The summed E-state index contributed by atoms with van der Waals surface area (Å²) in [6, 6.07) is 9.88. The highest BCUT2D eigenvalue weighted by atomic mass is 28.3. The highest BCUT2D eigenvalue weighted by molar-refractivity contribution is 6.61. The Morgan fingerprint density at radius 1 is 0.854 bits per heavy atom. The number of benzene rings is 1. The van der Waals surface area contributed by atoms with Gasteiger partial charge in [-0.15, -0.1) is 0 Å². The SMILES string of the molecule is C=CCOc1c(C2CC(C)(C)CC3=C2C2=C4C(=C5CCC(C)(C)CC5C2C3[SiH](CC)CC)C(C)(C)C=CC4(C)C)cccc1C(C)(C)C. The standard InChI is InChI=1S/C46H68OSi/c1-15-25-47-40-30(19-18-20-34(40)42(4,5)6)32-27-44(9,10)28-33-35(32)37-36(41(33)48(16-2)17-3)31-26-43(7,8)22-21-29(31)38-39(37)46(13,14)24-23-45(38,11)12/h15,18-20,23-24,31-32,36,41,48H,1,16-17,21-22,25-28H2,2-14H3. The number of rotatable bonds is 7. The molecular weight excluding hydrogens is 597 g/mol. The fourth-order valence-electron chi connectivity index (χ4n) is 11.3. The fourth-order valence-corrected chi connectivity index (χ4v) is 14.8. The van der Waals surface area contributed by atoms with E-state index < -0.39 is 8.80 Å². The number of hydrogen-bond acceptors (Lipinski definition) is 1. The van der Waals surface area contributed by atoms with Gasteiger partial charge < -0.3 is 4.74 Å². The Kier molecular flexibility index (Phi) is 8.96. The van der Waals surface area contributed by atoms with Gasteiger partial charge in [-0.2, -0.15) is 0 Å². The van der Waals surface area contributed by atoms with Gasteiger partial charge in [-0.3, -0.25) is 0 Å². The lowest BCUT2D eigenvalue weighted by Crippen LogP contribution is -2.42. The van der Waals surface area contributed by atoms with Gasteiger partial charge in [0.25, 0.3) is 0 Å². The predicted octanol–water partition coefficient (Wildman–Crippen LogP) is 13.1. The van der Waals surface area contributed by atoms with Crippen molar-refractivity contribution in [3.8, 4) is 5.75 Å². The predicted molar refractivity (Wildman–Crippen MR) is 211 cm³/mol. The van der Waals surface area contributed by atoms with E-state index in [0.717, 1.165) is 11.3 Å². The molecule has 48 heavy (non-hydrogen) atoms. The summed E-state index contributed by atoms with van der Waals surface area (Å²) in [5.41, 5.74) is 15.0. The van der Waals surface area contributed by atoms with Gasteiger partial charge >= 0.3 is 0 Å². The number of hydrogen-bond donors (Lipinski definition) is 0. The van der Waals surface area contributed by atoms with Crippen LogP contribution < -0.4 is 4.74 Å². The first-order chi connectivity index (χ1) is 22.3. The van der Waals surface area contributed by atoms with Gasteiger partial charge in [0.15, 0.2) is 0 Å². The largest absolute Gasteiger partial charge is 0.489 e. The zero-order valence-corrected chi connectivity index (χ0v) is 34.3. The minimum absolute atomic E-state index is 0.0114. The second-order valence-electron chi connectivity index (χ2n) is 20.2. The van der Waals surface area contributed by atoms with Gasteiger partial charge in [0.2, 0.25) is 0 Å². The van der Waals surface area contributed by atoms with Crippen molar-refractivity contribution in [2.45, 2.75) is 151 Å². The van der Waals surface area contributed by atoms with Crippen LogP contribution in [0.15, 0.2) is 76.4 Å². The van der Waals surface area contributed by atoms with Gasteiger partial charge in [0.1, 0.15) is 12.4 Å². The van der Waals surface area contributed by atoms with Gasteiger partial charge in [-0.25, -0.2) is 0 Å². The van der Waals surface area contributed by atoms with Crippen molar-refractivity contribution >= 4 is 8.80 Å². The van der Waals surface area contributed by atoms with E-state index in [2.05, 4.69) is 127 Å². The molecule has 1 nitrogen and oxygen atoms in total. The van der Waals surface area contributed by atoms with Gasteiger partial charge in [-0.1, -0.05) is 156 Å². The van der Waals surface area contributed by atoms with E-state index in [-0.39, 0.29) is 21.7 Å². The molecule has 5 aliphatic carbocycles. The van der Waals surface area contributed by atoms with Crippen LogP contribution in [0.1, 0.15) is 139 Å². The van der Waals surface area contributed by atoms with E-state index in [1.54, 1.807) is 16.7 Å². The molecule has 0 heterocycles. The van der Waals surface area contributed by atoms with Crippen LogP contribution in [0.25, 0.3) is 0 Å². The molecule has 0 aliphatic heterocycles. The smallest absolute Gasteiger partial charge is 0.127 e. The minimum Gasteiger partial charge on any atom is -0.489 e. The van der Waals surface area contributed by atoms with E-state index in [0.29, 0.717) is 29.8 Å². The van der Waals surface area contributed by atoms with Crippen molar-refractivity contribution in [1.29, 1.82) is 0 Å². The second-order valence-corrected chi connectivity index (χ2v) is 24.1. The molecule has 6 rings (SSSR count). The molecule has 1 aromatic rings. The maximum Gasteiger partial charge on any atom is 0.127 e. The van der Waals surface area contributed by atoms with E-state index in [1.807, 2.05) is 22.8 Å². The monoisotopic (exact) mass is 665 g/mol. The van der Waals surface area contributed by atoms with Crippen LogP contribution in [0.3, 0.4) is 0 Å². The number of allylic oxidation sites excluding steroid dienone is 8. The normalized spacial score (nSPS) is 29.8. The maximum absolute atomic E-state index is 6.79. The van der Waals surface area contributed by atoms with Crippen molar-refractivity contribution in [2.75, 3.05) is 6.61 Å². The van der Waals surface area contributed by atoms with Crippen LogP contribution in [0.4, 0.5) is 0 Å². The van der Waals surface area contributed by atoms with Crippen LogP contribution in [-0.2, 0) is 5.41 Å². The molecule has 0 radical (unpaired) electrons. The number of para-hydroxylation sites is 1. The van der Waals surface area contributed by atoms with Crippen LogP contribution in [-0.4, -0.2) is 15.4 Å². The quantitative estimate of drug-likeness (QED) is 0.208. The molecule has 2 heteroatoms. The summed E-state index contributed by atoms with van der Waals surface area (Å²) in [6.45, 7) is 37.1. The van der Waals surface area contributed by atoms with Crippen molar-refractivity contribution in [3.05, 3.63) is 87.6 Å². The Bertz CT molecular complexity index is 1590. The molecule has 0 aromatic heterocycles. The molecule has 4 unspecified atom stereocenters. The minimum atomic E-state index is -1.09. The summed E-state index contributed by atoms with van der Waals surface area (Å²) >= 11 is 0. The third-order valence-corrected chi connectivity index (χ3v) is 17.4. The lowest BCUT2D eigenvalue weighted by atomic mass is 9.52. The topological polar surface area (TPSA) is 9.23 Å². The average Bonchev–Trinajstić information content (AvgIpc) is 3.31. The molecule has 0 N–H and O–H groups in total. The first kappa shape index (κ1) is 35.8. The van der Waals surface area contributed by atoms with Crippen LogP contribution in [0.5, 0.6) is 5.75 Å². The highest BCUT2D eigenvalue weighted by Gasteiger charge is 2.58. The third-order valence-electron chi connectivity index (χ3n) is 13.4. The van der Waals surface area contributed by atoms with Crippen LogP contribution in [0, 0.1) is 33.5 Å². The zero-order chi connectivity index (χ0) is 35.2. The lowest BCUT2D eigenvalue weighted by Gasteiger charge is -2.53. The van der Waals surface area contributed by atoms with Crippen molar-refractivity contribution in [1.82, 2.24) is 0 Å². The van der Waals surface area contributed by atoms with E-state index >= 15 is 0 Å². The summed E-state index contributed by atoms with van der Waals surface area (Å²) in [7, 11) is -1.09. The first-order valence-electron chi connectivity index (χ1n) is 19.6. The summed E-state index contributed by atoms with van der Waals surface area (Å²) in [5, 5.41) is 0. The summed E-state index contributed by atoms with van der Waals surface area (Å²) < 4.78 is 6.79. The molecule has 262 valence electrons. The Hall–Kier alpha value is -2.06. The molecule has 0 spiro atoms. The Balaban J connectivity index is 1.74. The number of fused-ring (bicyclic) bond motifs is 5. The molecule has 0 bridgehead atoms. The van der Waals surface area contributed by atoms with Crippen molar-refractivity contribution in [2.24, 2.45) is 33.5 Å². The Labute approximate surface area is 297 Å². The molecule has 1 aromatic carbocycles. The molecule has 0 saturated heterocycles. The van der Waals surface area contributed by atoms with E-state index in [1.165, 1.54) is 55.3 Å². The summed E-state index contributed by atoms with van der Waals surface area (Å²) in [4.78, 5) is 0. The van der Waals surface area contributed by atoms with Crippen molar-refractivity contribution in [3.63, 3.8) is 0 Å². The van der Waals surface area contributed by atoms with Gasteiger partial charge in [0, 0.05) is 31.1 Å². The van der Waals surface area contributed by atoms with Crippen molar-refractivity contribution < 1.29 is 4.74 Å². The first-order valence-corrected chi connectivity index (χ1v) is 21.9. The molecule has 4 atom stereocenters. The maximum atomic E-state index is 6.79. The van der Waals surface area contributed by atoms with Crippen LogP contribution >= 0.6 is 0 Å². The lowest BCUT2D eigenvalue weighted by molar-refractivity contribution is 0.185. The van der Waals surface area contributed by atoms with E-state index in [9.17, 15) is 0 Å². The second kappa shape index (κ2) is 12.0. The number of ether oxygens (including phenoxy) is 1. The summed E-state index contributed by atoms with van der Waals surface area (Å²) in [6.07, 6.45) is 13.4. The average molecular weight is 665 g/mol. The highest BCUT2D eigenvalue weighted by Crippen LogP contribution is 2.71. The van der Waals surface area contributed by atoms with Gasteiger partial charge in [-0.05, 0) is 93.6 Å². The molecule has 0 amide bonds. The third kappa shape index (κ3) is 5.82. The fraction of sp³-hybridized carbons (Fsp3) is 0.652.